The number of carbonyl (C=O) groups is 3. The molecule has 2 aromatic rings. The van der Waals surface area contributed by atoms with Crippen molar-refractivity contribution in [2.75, 3.05) is 25.0 Å². The fraction of sp³-hybridized carbons (Fsp3) is 0.286. The van der Waals surface area contributed by atoms with Crippen LogP contribution in [0.4, 0.5) is 27.6 Å². The summed E-state index contributed by atoms with van der Waals surface area (Å²) < 4.78 is 57.7. The topological polar surface area (TPSA) is 98.7 Å². The van der Waals surface area contributed by atoms with E-state index in [1.54, 1.807) is 35.2 Å². The molecule has 4 rings (SSSR count). The fourth-order valence-corrected chi connectivity index (χ4v) is 3.42. The molecule has 2 aliphatic rings. The number of aliphatic carboxylic acids is 1. The van der Waals surface area contributed by atoms with E-state index in [-0.39, 0.29) is 17.4 Å². The summed E-state index contributed by atoms with van der Waals surface area (Å²) >= 11 is 0. The molecule has 1 atom stereocenters. The fourth-order valence-electron chi connectivity index (χ4n) is 3.42. The smallest absolute Gasteiger partial charge is 0.475 e. The molecule has 1 fully saturated rings. The monoisotopic (exact) mass is 471 g/mol. The third-order valence-corrected chi connectivity index (χ3v) is 5.03. The SMILES string of the molecule is O=C(O)C(F)(F)F.O=C1Nc2ccc(-c3cccc(C(F)F)c3)cc2C(=O)N2CCNC[C@@H]12. The lowest BCUT2D eigenvalue weighted by atomic mass is 9.99. The second-order valence-corrected chi connectivity index (χ2v) is 7.20. The minimum Gasteiger partial charge on any atom is -0.475 e. The molecule has 2 amide bonds. The van der Waals surface area contributed by atoms with E-state index in [9.17, 15) is 31.5 Å². The highest BCUT2D eigenvalue weighted by atomic mass is 19.4. The second-order valence-electron chi connectivity index (χ2n) is 7.20. The Balaban J connectivity index is 0.000000383. The highest BCUT2D eigenvalue weighted by molar-refractivity contribution is 6.10. The average molecular weight is 471 g/mol. The molecule has 0 saturated carbocycles. The van der Waals surface area contributed by atoms with E-state index in [1.807, 2.05) is 0 Å². The maximum atomic E-state index is 13.0. The molecule has 1 saturated heterocycles. The van der Waals surface area contributed by atoms with Crippen molar-refractivity contribution in [3.05, 3.63) is 53.6 Å². The van der Waals surface area contributed by atoms with E-state index < -0.39 is 24.6 Å². The summed E-state index contributed by atoms with van der Waals surface area (Å²) in [5, 5.41) is 13.0. The van der Waals surface area contributed by atoms with Gasteiger partial charge in [0.2, 0.25) is 5.91 Å². The molecule has 0 bridgehead atoms. The van der Waals surface area contributed by atoms with Gasteiger partial charge in [-0.15, -0.1) is 0 Å². The lowest BCUT2D eigenvalue weighted by Crippen LogP contribution is -2.57. The minimum absolute atomic E-state index is 0.0701. The van der Waals surface area contributed by atoms with Crippen LogP contribution in [0, 0.1) is 0 Å². The molecular weight excluding hydrogens is 453 g/mol. The van der Waals surface area contributed by atoms with Gasteiger partial charge >= 0.3 is 12.1 Å². The van der Waals surface area contributed by atoms with Crippen LogP contribution in [0.3, 0.4) is 0 Å². The first-order valence-electron chi connectivity index (χ1n) is 9.64. The van der Waals surface area contributed by atoms with Crippen LogP contribution >= 0.6 is 0 Å². The summed E-state index contributed by atoms with van der Waals surface area (Å²) in [5.74, 6) is -3.21. The quantitative estimate of drug-likeness (QED) is 0.584. The van der Waals surface area contributed by atoms with Gasteiger partial charge in [0.1, 0.15) is 6.04 Å². The normalized spacial score (nSPS) is 17.9. The van der Waals surface area contributed by atoms with Gasteiger partial charge in [0.25, 0.3) is 12.3 Å². The molecule has 2 aromatic carbocycles. The second kappa shape index (κ2) is 9.53. The van der Waals surface area contributed by atoms with Crippen LogP contribution in [0.5, 0.6) is 0 Å². The number of amides is 2. The number of nitrogens with zero attached hydrogens (tertiary/aromatic N) is 1. The number of nitrogens with one attached hydrogen (secondary N) is 2. The summed E-state index contributed by atoms with van der Waals surface area (Å²) in [6.45, 7) is 1.48. The van der Waals surface area contributed by atoms with Crippen molar-refractivity contribution in [3.8, 4) is 11.1 Å². The Labute approximate surface area is 184 Å². The third kappa shape index (κ3) is 5.45. The highest BCUT2D eigenvalue weighted by Gasteiger charge is 2.38. The Kier molecular flexibility index (Phi) is 6.96. The van der Waals surface area contributed by atoms with Crippen molar-refractivity contribution < 1.29 is 41.4 Å². The third-order valence-electron chi connectivity index (χ3n) is 5.03. The number of carboxylic acids is 1. The van der Waals surface area contributed by atoms with Crippen molar-refractivity contribution in [2.45, 2.75) is 18.6 Å². The summed E-state index contributed by atoms with van der Waals surface area (Å²) in [6.07, 6.45) is -7.64. The molecule has 0 aliphatic carbocycles. The summed E-state index contributed by atoms with van der Waals surface area (Å²) in [6, 6.07) is 10.6. The zero-order chi connectivity index (χ0) is 24.3. The largest absolute Gasteiger partial charge is 0.490 e. The Morgan fingerprint density at radius 3 is 2.39 bits per heavy atom. The molecule has 0 unspecified atom stereocenters. The van der Waals surface area contributed by atoms with Gasteiger partial charge in [-0.25, -0.2) is 13.6 Å². The molecule has 3 N–H and O–H groups in total. The molecule has 0 radical (unpaired) electrons. The van der Waals surface area contributed by atoms with Crippen LogP contribution < -0.4 is 10.6 Å². The van der Waals surface area contributed by atoms with Crippen molar-refractivity contribution in [3.63, 3.8) is 0 Å². The molecule has 0 aromatic heterocycles. The lowest BCUT2D eigenvalue weighted by Gasteiger charge is -2.33. The zero-order valence-corrected chi connectivity index (χ0v) is 16.8. The molecule has 2 aliphatic heterocycles. The van der Waals surface area contributed by atoms with Crippen LogP contribution in [0.25, 0.3) is 11.1 Å². The van der Waals surface area contributed by atoms with Gasteiger partial charge < -0.3 is 20.6 Å². The predicted molar refractivity (Wildman–Crippen MR) is 107 cm³/mol. The van der Waals surface area contributed by atoms with Gasteiger partial charge in [-0.3, -0.25) is 9.59 Å². The predicted octanol–water partition coefficient (Wildman–Crippen LogP) is 3.29. The van der Waals surface area contributed by atoms with E-state index in [0.29, 0.717) is 42.0 Å². The van der Waals surface area contributed by atoms with Crippen LogP contribution in [0.15, 0.2) is 42.5 Å². The van der Waals surface area contributed by atoms with Crippen LogP contribution in [-0.4, -0.2) is 59.6 Å². The molecular formula is C21H18F5N3O4. The van der Waals surface area contributed by atoms with Crippen LogP contribution in [0.2, 0.25) is 0 Å². The Morgan fingerprint density at radius 1 is 1.09 bits per heavy atom. The van der Waals surface area contributed by atoms with Gasteiger partial charge in [0, 0.05) is 25.2 Å². The summed E-state index contributed by atoms with van der Waals surface area (Å²) in [7, 11) is 0. The van der Waals surface area contributed by atoms with E-state index in [4.69, 9.17) is 9.90 Å². The van der Waals surface area contributed by atoms with Gasteiger partial charge in [-0.05, 0) is 29.3 Å². The van der Waals surface area contributed by atoms with E-state index in [1.165, 1.54) is 12.1 Å². The van der Waals surface area contributed by atoms with Gasteiger partial charge in [0.05, 0.1) is 11.3 Å². The van der Waals surface area contributed by atoms with Gasteiger partial charge in [-0.1, -0.05) is 24.3 Å². The molecule has 7 nitrogen and oxygen atoms in total. The number of rotatable bonds is 2. The maximum Gasteiger partial charge on any atom is 0.490 e. The first kappa shape index (κ1) is 24.1. The van der Waals surface area contributed by atoms with Crippen molar-refractivity contribution in [1.29, 1.82) is 0 Å². The molecule has 12 heteroatoms. The summed E-state index contributed by atoms with van der Waals surface area (Å²) in [5.41, 5.74) is 2.01. The zero-order valence-electron chi connectivity index (χ0n) is 16.8. The number of anilines is 1. The number of carbonyl (C=O) groups excluding carboxylic acids is 2. The molecule has 176 valence electrons. The number of benzene rings is 2. The Bertz CT molecular complexity index is 1070. The average Bonchev–Trinajstić information content (AvgIpc) is 2.88. The number of hydrogen-bond acceptors (Lipinski definition) is 4. The van der Waals surface area contributed by atoms with Crippen LogP contribution in [0.1, 0.15) is 22.3 Å². The molecule has 0 spiro atoms. The number of carboxylic acid groups (broad SMARTS) is 1. The number of alkyl halides is 5. The number of halogens is 5. The van der Waals surface area contributed by atoms with Gasteiger partial charge in [0.15, 0.2) is 0 Å². The van der Waals surface area contributed by atoms with E-state index >= 15 is 0 Å². The van der Waals surface area contributed by atoms with Gasteiger partial charge in [-0.2, -0.15) is 13.2 Å². The maximum absolute atomic E-state index is 13.0. The van der Waals surface area contributed by atoms with Crippen molar-refractivity contribution >= 4 is 23.5 Å². The van der Waals surface area contributed by atoms with E-state index in [0.717, 1.165) is 0 Å². The number of piperazine rings is 1. The Morgan fingerprint density at radius 2 is 1.76 bits per heavy atom. The highest BCUT2D eigenvalue weighted by Crippen LogP contribution is 2.31. The van der Waals surface area contributed by atoms with Crippen LogP contribution in [-0.2, 0) is 9.59 Å². The first-order chi connectivity index (χ1) is 15.5. The molecule has 33 heavy (non-hydrogen) atoms. The number of fused-ring (bicyclic) bond motifs is 2. The van der Waals surface area contributed by atoms with Crippen molar-refractivity contribution in [2.24, 2.45) is 0 Å². The van der Waals surface area contributed by atoms with E-state index in [2.05, 4.69) is 10.6 Å². The Hall–Kier alpha value is -3.54. The first-order valence-corrected chi connectivity index (χ1v) is 9.64. The van der Waals surface area contributed by atoms with Crippen molar-refractivity contribution in [1.82, 2.24) is 10.2 Å². The summed E-state index contributed by atoms with van der Waals surface area (Å²) in [4.78, 5) is 35.8. The minimum atomic E-state index is -5.08. The standard InChI is InChI=1S/C19H17F2N3O2.C2HF3O2/c20-17(21)13-3-1-2-11(8-13)12-4-5-15-14(9-12)19(26)24-7-6-22-10-16(24)18(25)23-15;3-2(4,5)1(6)7/h1-5,8-9,16-17,22H,6-7,10H2,(H,23,25);(H,6,7)/t16-;/m0./s1. The molecule has 2 heterocycles. The number of hydrogen-bond donors (Lipinski definition) is 3. The lowest BCUT2D eigenvalue weighted by molar-refractivity contribution is -0.192.